The Hall–Kier alpha value is -8.14. The fourth-order valence-corrected chi connectivity index (χ4v) is 9.62. The zero-order valence-electron chi connectivity index (χ0n) is 34.0. The van der Waals surface area contributed by atoms with Gasteiger partial charge >= 0.3 is 0 Å². The lowest BCUT2D eigenvalue weighted by atomic mass is 9.94. The van der Waals surface area contributed by atoms with Gasteiger partial charge in [-0.25, -0.2) is 0 Å². The molecule has 0 spiro atoms. The zero-order chi connectivity index (χ0) is 41.0. The summed E-state index contributed by atoms with van der Waals surface area (Å²) in [5.41, 5.74) is 16.6. The Kier molecular flexibility index (Phi) is 8.57. The number of nitrogens with zero attached hydrogens (tertiary/aromatic N) is 2. The Labute approximate surface area is 360 Å². The van der Waals surface area contributed by atoms with Gasteiger partial charge < -0.3 is 9.88 Å². The molecule has 0 saturated carbocycles. The molecule has 12 rings (SSSR count). The number of hydrogen-bond acceptors (Lipinski definition) is 1. The Morgan fingerprint density at radius 3 is 1.55 bits per heavy atom. The van der Waals surface area contributed by atoms with Crippen molar-refractivity contribution in [1.82, 2.24) is 14.5 Å². The van der Waals surface area contributed by atoms with Crippen LogP contribution in [0.1, 0.15) is 17.2 Å². The first-order chi connectivity index (χ1) is 30.7. The SMILES string of the molecule is C1=C(c2ccccc2)C=C(n2c3ccc(-c4ccc5c(c4)c4ccccc4n5-c4ccccc4)cc3c3cc(-c4ccccc4)cc(-c4ccccc4)c32)NC1c1ccccc1. The summed E-state index contributed by atoms with van der Waals surface area (Å²) < 4.78 is 4.86. The number of rotatable bonds is 7. The van der Waals surface area contributed by atoms with E-state index in [1.807, 2.05) is 0 Å². The molecule has 1 N–H and O–H groups in total. The Morgan fingerprint density at radius 2 is 0.871 bits per heavy atom. The maximum Gasteiger partial charge on any atom is 0.112 e. The summed E-state index contributed by atoms with van der Waals surface area (Å²) >= 11 is 0. The minimum atomic E-state index is -0.0355. The summed E-state index contributed by atoms with van der Waals surface area (Å²) in [5, 5.41) is 8.92. The molecule has 3 heteroatoms. The highest BCUT2D eigenvalue weighted by Crippen LogP contribution is 2.44. The van der Waals surface area contributed by atoms with Crippen LogP contribution in [0.4, 0.5) is 0 Å². The molecule has 1 aliphatic rings. The number of allylic oxidation sites excluding steroid dienone is 2. The summed E-state index contributed by atoms with van der Waals surface area (Å²) in [6.45, 7) is 0. The number of para-hydroxylation sites is 2. The van der Waals surface area contributed by atoms with Crippen LogP contribution in [0.25, 0.3) is 94.1 Å². The summed E-state index contributed by atoms with van der Waals surface area (Å²) in [7, 11) is 0. The largest absolute Gasteiger partial charge is 0.361 e. The molecule has 292 valence electrons. The maximum atomic E-state index is 4.03. The third kappa shape index (κ3) is 6.05. The van der Waals surface area contributed by atoms with Gasteiger partial charge in [-0.05, 0) is 111 Å². The standard InChI is InChI=1S/C59H41N3/c1-6-18-40(19-7-1)46-36-50(42-22-10-3-11-23-42)59-53(37-46)52-35-45(44-30-32-56-51(34-44)49-28-16-17-29-55(49)61(56)48-26-14-5-15-27-48)31-33-57(52)62(59)58-39-47(41-20-8-2-9-21-41)38-54(60-58)43-24-12-4-13-25-43/h1-39,54,60H. The van der Waals surface area contributed by atoms with Gasteiger partial charge in [-0.2, -0.15) is 0 Å². The zero-order valence-corrected chi connectivity index (χ0v) is 34.0. The molecule has 1 unspecified atom stereocenters. The normalized spacial score (nSPS) is 14.0. The van der Waals surface area contributed by atoms with E-state index in [0.717, 1.165) is 17.0 Å². The van der Waals surface area contributed by atoms with Gasteiger partial charge in [0.15, 0.2) is 0 Å². The van der Waals surface area contributed by atoms with Crippen molar-refractivity contribution in [3.63, 3.8) is 0 Å². The molecule has 0 radical (unpaired) electrons. The minimum absolute atomic E-state index is 0.0355. The minimum Gasteiger partial charge on any atom is -0.361 e. The molecular formula is C59H41N3. The van der Waals surface area contributed by atoms with Gasteiger partial charge in [0.1, 0.15) is 5.82 Å². The van der Waals surface area contributed by atoms with E-state index in [1.165, 1.54) is 88.2 Å². The van der Waals surface area contributed by atoms with Crippen molar-refractivity contribution in [2.45, 2.75) is 6.04 Å². The average molecular weight is 792 g/mol. The van der Waals surface area contributed by atoms with Gasteiger partial charge in [0.05, 0.1) is 28.1 Å². The predicted molar refractivity (Wildman–Crippen MR) is 261 cm³/mol. The highest BCUT2D eigenvalue weighted by Gasteiger charge is 2.25. The van der Waals surface area contributed by atoms with Crippen molar-refractivity contribution in [2.75, 3.05) is 0 Å². The van der Waals surface area contributed by atoms with Crippen molar-refractivity contribution in [1.29, 1.82) is 0 Å². The molecule has 11 aromatic rings. The third-order valence-electron chi connectivity index (χ3n) is 12.5. The molecule has 0 bridgehead atoms. The van der Waals surface area contributed by atoms with Crippen LogP contribution in [-0.2, 0) is 0 Å². The van der Waals surface area contributed by atoms with Crippen LogP contribution in [0.2, 0.25) is 0 Å². The van der Waals surface area contributed by atoms with E-state index in [2.05, 4.69) is 251 Å². The fraction of sp³-hybridized carbons (Fsp3) is 0.0169. The van der Waals surface area contributed by atoms with E-state index in [1.54, 1.807) is 0 Å². The van der Waals surface area contributed by atoms with Crippen LogP contribution in [0.15, 0.2) is 237 Å². The number of hydrogen-bond donors (Lipinski definition) is 1. The molecule has 1 atom stereocenters. The van der Waals surface area contributed by atoms with Crippen molar-refractivity contribution in [2.24, 2.45) is 0 Å². The van der Waals surface area contributed by atoms with Gasteiger partial charge in [0, 0.05) is 32.8 Å². The number of fused-ring (bicyclic) bond motifs is 6. The topological polar surface area (TPSA) is 21.9 Å². The number of benzene rings is 9. The second kappa shape index (κ2) is 14.8. The second-order valence-electron chi connectivity index (χ2n) is 16.2. The van der Waals surface area contributed by atoms with Crippen LogP contribution in [-0.4, -0.2) is 9.13 Å². The summed E-state index contributed by atoms with van der Waals surface area (Å²) in [5.74, 6) is 1.03. The van der Waals surface area contributed by atoms with Crippen LogP contribution in [0, 0.1) is 0 Å². The first-order valence-electron chi connectivity index (χ1n) is 21.4. The van der Waals surface area contributed by atoms with E-state index >= 15 is 0 Å². The first kappa shape index (κ1) is 35.8. The van der Waals surface area contributed by atoms with E-state index in [0.29, 0.717) is 0 Å². The molecule has 3 heterocycles. The molecule has 0 aliphatic carbocycles. The van der Waals surface area contributed by atoms with Crippen molar-refractivity contribution in [3.8, 4) is 39.1 Å². The molecule has 0 saturated heterocycles. The highest BCUT2D eigenvalue weighted by atomic mass is 15.2. The van der Waals surface area contributed by atoms with Crippen LogP contribution in [0.3, 0.4) is 0 Å². The molecule has 62 heavy (non-hydrogen) atoms. The molecular weight excluding hydrogens is 751 g/mol. The fourth-order valence-electron chi connectivity index (χ4n) is 9.62. The highest BCUT2D eigenvalue weighted by molar-refractivity contribution is 6.17. The van der Waals surface area contributed by atoms with Gasteiger partial charge in [0.2, 0.25) is 0 Å². The molecule has 3 nitrogen and oxygen atoms in total. The van der Waals surface area contributed by atoms with Gasteiger partial charge in [0.25, 0.3) is 0 Å². The van der Waals surface area contributed by atoms with E-state index < -0.39 is 0 Å². The van der Waals surface area contributed by atoms with Gasteiger partial charge in [-0.15, -0.1) is 0 Å². The van der Waals surface area contributed by atoms with Crippen molar-refractivity contribution in [3.05, 3.63) is 248 Å². The quantitative estimate of drug-likeness (QED) is 0.171. The smallest absolute Gasteiger partial charge is 0.112 e. The van der Waals surface area contributed by atoms with Gasteiger partial charge in [-0.1, -0.05) is 170 Å². The Balaban J connectivity index is 1.13. The molecule has 0 fully saturated rings. The van der Waals surface area contributed by atoms with Gasteiger partial charge in [-0.3, -0.25) is 4.57 Å². The Bertz CT molecular complexity index is 3510. The second-order valence-corrected chi connectivity index (χ2v) is 16.2. The number of nitrogens with one attached hydrogen (secondary N) is 1. The summed E-state index contributed by atoms with van der Waals surface area (Å²) in [6.07, 6.45) is 4.69. The monoisotopic (exact) mass is 791 g/mol. The van der Waals surface area contributed by atoms with Crippen LogP contribution < -0.4 is 5.32 Å². The number of aromatic nitrogens is 2. The van der Waals surface area contributed by atoms with E-state index in [9.17, 15) is 0 Å². The third-order valence-corrected chi connectivity index (χ3v) is 12.5. The van der Waals surface area contributed by atoms with Crippen molar-refractivity contribution < 1.29 is 0 Å². The van der Waals surface area contributed by atoms with Crippen LogP contribution in [0.5, 0.6) is 0 Å². The van der Waals surface area contributed by atoms with Crippen molar-refractivity contribution >= 4 is 55.0 Å². The first-order valence-corrected chi connectivity index (χ1v) is 21.4. The van der Waals surface area contributed by atoms with Crippen LogP contribution >= 0.6 is 0 Å². The average Bonchev–Trinajstić information content (AvgIpc) is 3.87. The van der Waals surface area contributed by atoms with E-state index in [-0.39, 0.29) is 6.04 Å². The molecule has 2 aromatic heterocycles. The summed E-state index contributed by atoms with van der Waals surface area (Å²) in [6, 6.07) is 81.4. The van der Waals surface area contributed by atoms with E-state index in [4.69, 9.17) is 0 Å². The molecule has 1 aliphatic heterocycles. The maximum absolute atomic E-state index is 4.03. The lowest BCUT2D eigenvalue weighted by molar-refractivity contribution is 0.739. The number of dihydropyridines is 1. The Morgan fingerprint density at radius 1 is 0.355 bits per heavy atom. The summed E-state index contributed by atoms with van der Waals surface area (Å²) in [4.78, 5) is 0. The predicted octanol–water partition coefficient (Wildman–Crippen LogP) is 15.1. The lowest BCUT2D eigenvalue weighted by Crippen LogP contribution is -2.25. The molecule has 0 amide bonds. The molecule has 9 aromatic carbocycles. The lowest BCUT2D eigenvalue weighted by Gasteiger charge is -2.27.